The number of pyridine rings is 1. The van der Waals surface area contributed by atoms with Gasteiger partial charge in [0.2, 0.25) is 17.6 Å². The van der Waals surface area contributed by atoms with E-state index in [2.05, 4.69) is 15.6 Å². The molecule has 2 heterocycles. The molecule has 0 saturated heterocycles. The fourth-order valence-electron chi connectivity index (χ4n) is 4.81. The molecule has 36 heavy (non-hydrogen) atoms. The second-order valence-corrected chi connectivity index (χ2v) is 9.04. The van der Waals surface area contributed by atoms with E-state index in [1.165, 1.54) is 32.1 Å². The zero-order chi connectivity index (χ0) is 25.5. The standard InChI is InChI=1S/C26H36N6O4/c1-34-20-15-18(16-21(35-2)24(20)36-3)28-26-29-19-10-11-22(31-25(19)32(26)14-13-27)30-23(33)12-9-17-7-5-4-6-8-17/h10-11,15-17H,4-9,12-14,27H2,1-3H3,(H,28,29)(H,30,31,33). The molecule has 3 aromatic rings. The average Bonchev–Trinajstić information content (AvgIpc) is 3.23. The molecule has 1 saturated carbocycles. The topological polar surface area (TPSA) is 126 Å². The average molecular weight is 497 g/mol. The zero-order valence-electron chi connectivity index (χ0n) is 21.3. The second kappa shape index (κ2) is 11.9. The number of methoxy groups -OCH3 is 3. The van der Waals surface area contributed by atoms with E-state index in [0.717, 1.165) is 6.42 Å². The molecule has 194 valence electrons. The van der Waals surface area contributed by atoms with Crippen molar-refractivity contribution in [1.29, 1.82) is 0 Å². The molecular weight excluding hydrogens is 460 g/mol. The van der Waals surface area contributed by atoms with Crippen LogP contribution in [0.3, 0.4) is 0 Å². The number of carbonyl (C=O) groups excluding carboxylic acids is 1. The van der Waals surface area contributed by atoms with Crippen LogP contribution in [0.1, 0.15) is 44.9 Å². The molecule has 2 aromatic heterocycles. The lowest BCUT2D eigenvalue weighted by atomic mass is 9.86. The molecule has 1 aromatic carbocycles. The number of nitrogens with two attached hydrogens (primary N) is 1. The van der Waals surface area contributed by atoms with E-state index in [1.807, 2.05) is 10.6 Å². The van der Waals surface area contributed by atoms with Crippen LogP contribution in [0.2, 0.25) is 0 Å². The van der Waals surface area contributed by atoms with E-state index >= 15 is 0 Å². The zero-order valence-corrected chi connectivity index (χ0v) is 21.3. The predicted octanol–water partition coefficient (Wildman–Crippen LogP) is 4.46. The van der Waals surface area contributed by atoms with Crippen LogP contribution in [0.4, 0.5) is 17.5 Å². The predicted molar refractivity (Wildman–Crippen MR) is 140 cm³/mol. The summed E-state index contributed by atoms with van der Waals surface area (Å²) in [6.07, 6.45) is 7.79. The summed E-state index contributed by atoms with van der Waals surface area (Å²) in [5.41, 5.74) is 7.94. The monoisotopic (exact) mass is 496 g/mol. The normalized spacial score (nSPS) is 14.0. The number of benzene rings is 1. The van der Waals surface area contributed by atoms with E-state index in [0.29, 0.717) is 71.3 Å². The maximum atomic E-state index is 12.6. The molecule has 0 spiro atoms. The lowest BCUT2D eigenvalue weighted by Gasteiger charge is -2.20. The molecule has 0 radical (unpaired) electrons. The Hall–Kier alpha value is -3.53. The smallest absolute Gasteiger partial charge is 0.225 e. The summed E-state index contributed by atoms with van der Waals surface area (Å²) in [4.78, 5) is 22.0. The molecule has 0 bridgehead atoms. The first-order valence-electron chi connectivity index (χ1n) is 12.5. The van der Waals surface area contributed by atoms with E-state index in [-0.39, 0.29) is 5.91 Å². The SMILES string of the molecule is COc1cc(Nc2nc3ccc(NC(=O)CCC4CCCCC4)nc3n2CCN)cc(OC)c1OC. The fourth-order valence-corrected chi connectivity index (χ4v) is 4.81. The molecule has 10 heteroatoms. The Labute approximate surface area is 211 Å². The Morgan fingerprint density at radius 2 is 1.78 bits per heavy atom. The van der Waals surface area contributed by atoms with E-state index < -0.39 is 0 Å². The van der Waals surface area contributed by atoms with Gasteiger partial charge in [-0.15, -0.1) is 0 Å². The molecule has 1 amide bonds. The summed E-state index contributed by atoms with van der Waals surface area (Å²) in [6.45, 7) is 0.893. The fraction of sp³-hybridized carbons (Fsp3) is 0.500. The van der Waals surface area contributed by atoms with Crippen molar-refractivity contribution in [3.8, 4) is 17.2 Å². The van der Waals surface area contributed by atoms with Gasteiger partial charge in [0.1, 0.15) is 11.3 Å². The quantitative estimate of drug-likeness (QED) is 0.355. The number of imidazole rings is 1. The van der Waals surface area contributed by atoms with Crippen molar-refractivity contribution in [2.45, 2.75) is 51.5 Å². The van der Waals surface area contributed by atoms with Crippen molar-refractivity contribution in [2.24, 2.45) is 11.7 Å². The minimum Gasteiger partial charge on any atom is -0.493 e. The number of aromatic nitrogens is 3. The number of amides is 1. The Balaban J connectivity index is 1.54. The van der Waals surface area contributed by atoms with Crippen molar-refractivity contribution in [2.75, 3.05) is 38.5 Å². The first-order valence-corrected chi connectivity index (χ1v) is 12.5. The number of nitrogens with zero attached hydrogens (tertiary/aromatic N) is 3. The number of anilines is 3. The van der Waals surface area contributed by atoms with Gasteiger partial charge in [0.25, 0.3) is 0 Å². The highest BCUT2D eigenvalue weighted by Crippen LogP contribution is 2.40. The van der Waals surface area contributed by atoms with Crippen molar-refractivity contribution >= 4 is 34.5 Å². The summed E-state index contributed by atoms with van der Waals surface area (Å²) < 4.78 is 18.2. The van der Waals surface area contributed by atoms with Crippen LogP contribution < -0.4 is 30.6 Å². The van der Waals surface area contributed by atoms with Crippen LogP contribution in [0.5, 0.6) is 17.2 Å². The molecule has 0 atom stereocenters. The van der Waals surface area contributed by atoms with E-state index in [9.17, 15) is 4.79 Å². The second-order valence-electron chi connectivity index (χ2n) is 9.04. The molecule has 4 N–H and O–H groups in total. The third kappa shape index (κ3) is 5.81. The van der Waals surface area contributed by atoms with Crippen molar-refractivity contribution in [3.63, 3.8) is 0 Å². The number of hydrogen-bond donors (Lipinski definition) is 3. The summed E-state index contributed by atoms with van der Waals surface area (Å²) >= 11 is 0. The maximum Gasteiger partial charge on any atom is 0.225 e. The largest absolute Gasteiger partial charge is 0.493 e. The van der Waals surface area contributed by atoms with Crippen LogP contribution in [-0.4, -0.2) is 48.3 Å². The van der Waals surface area contributed by atoms with Gasteiger partial charge >= 0.3 is 0 Å². The Bertz CT molecular complexity index is 1160. The number of fused-ring (bicyclic) bond motifs is 1. The lowest BCUT2D eigenvalue weighted by Crippen LogP contribution is -2.16. The Morgan fingerprint density at radius 1 is 1.06 bits per heavy atom. The summed E-state index contributed by atoms with van der Waals surface area (Å²) in [6, 6.07) is 7.24. The van der Waals surface area contributed by atoms with Crippen LogP contribution in [0.25, 0.3) is 11.2 Å². The number of hydrogen-bond acceptors (Lipinski definition) is 8. The molecule has 1 aliphatic carbocycles. The van der Waals surface area contributed by atoms with Gasteiger partial charge in [-0.3, -0.25) is 9.36 Å². The number of nitrogens with one attached hydrogen (secondary N) is 2. The molecule has 1 aliphatic rings. The maximum absolute atomic E-state index is 12.6. The van der Waals surface area contributed by atoms with Gasteiger partial charge in [0.05, 0.1) is 21.3 Å². The highest BCUT2D eigenvalue weighted by Gasteiger charge is 2.18. The first-order chi connectivity index (χ1) is 17.6. The van der Waals surface area contributed by atoms with Gasteiger partial charge in [0, 0.05) is 37.3 Å². The van der Waals surface area contributed by atoms with Crippen molar-refractivity contribution in [3.05, 3.63) is 24.3 Å². The van der Waals surface area contributed by atoms with Crippen molar-refractivity contribution < 1.29 is 19.0 Å². The van der Waals surface area contributed by atoms with E-state index in [1.54, 1.807) is 39.5 Å². The minimum atomic E-state index is -0.00640. The van der Waals surface area contributed by atoms with Crippen LogP contribution in [0, 0.1) is 5.92 Å². The van der Waals surface area contributed by atoms with Gasteiger partial charge in [-0.2, -0.15) is 0 Å². The van der Waals surface area contributed by atoms with Gasteiger partial charge in [-0.1, -0.05) is 32.1 Å². The Kier molecular flexibility index (Phi) is 8.48. The van der Waals surface area contributed by atoms with E-state index in [4.69, 9.17) is 24.9 Å². The van der Waals surface area contributed by atoms with Gasteiger partial charge < -0.3 is 30.6 Å². The third-order valence-electron chi connectivity index (χ3n) is 6.64. The third-order valence-corrected chi connectivity index (χ3v) is 6.64. The molecule has 0 aliphatic heterocycles. The van der Waals surface area contributed by atoms with Gasteiger partial charge in [-0.05, 0) is 24.5 Å². The number of ether oxygens (including phenoxy) is 3. The van der Waals surface area contributed by atoms with Gasteiger partial charge in [0.15, 0.2) is 17.1 Å². The lowest BCUT2D eigenvalue weighted by molar-refractivity contribution is -0.116. The van der Waals surface area contributed by atoms with Gasteiger partial charge in [-0.25, -0.2) is 9.97 Å². The van der Waals surface area contributed by atoms with Crippen LogP contribution >= 0.6 is 0 Å². The van der Waals surface area contributed by atoms with Crippen molar-refractivity contribution in [1.82, 2.24) is 14.5 Å². The first kappa shape index (κ1) is 25.6. The highest BCUT2D eigenvalue weighted by atomic mass is 16.5. The minimum absolute atomic E-state index is 0.00640. The summed E-state index contributed by atoms with van der Waals surface area (Å²) in [7, 11) is 4.70. The molecule has 10 nitrogen and oxygen atoms in total. The van der Waals surface area contributed by atoms with Crippen LogP contribution in [-0.2, 0) is 11.3 Å². The number of rotatable bonds is 11. The molecule has 1 fully saturated rings. The molecule has 4 rings (SSSR count). The van der Waals surface area contributed by atoms with Crippen LogP contribution in [0.15, 0.2) is 24.3 Å². The highest BCUT2D eigenvalue weighted by molar-refractivity contribution is 5.91. The Morgan fingerprint density at radius 3 is 2.42 bits per heavy atom. The number of carbonyl (C=O) groups is 1. The summed E-state index contributed by atoms with van der Waals surface area (Å²) in [5, 5.41) is 6.27. The molecular formula is C26H36N6O4. The summed E-state index contributed by atoms with van der Waals surface area (Å²) in [5.74, 6) is 3.29. The molecule has 0 unspecified atom stereocenters.